The van der Waals surface area contributed by atoms with E-state index in [1.165, 1.54) is 5.57 Å². The lowest BCUT2D eigenvalue weighted by atomic mass is 9.48. The first-order valence-electron chi connectivity index (χ1n) is 16.5. The normalized spacial score (nSPS) is 41.1. The standard InChI is InChI=1S/C36H60N2O4/c1-21(2)31-37-29-17-14-22(3)25(34(29,9)20-41-31)15-16-26-23(4)27(39)18-36(11)30(24(5)38(12)13)28(19-35(26,36)10)42-32(40)33(6,7)8/h14,21,23-26,28-30H,15-20H2,1-13H3/t23-,24+,25-,26-,28-,29+,30+,34+,35+,36-/m1/s1. The fraction of sp³-hybridized carbons (Fsp3) is 0.861. The number of hydrogen-bond acceptors (Lipinski definition) is 6. The fourth-order valence-electron chi connectivity index (χ4n) is 9.42. The molecular formula is C36H60N2O4. The van der Waals surface area contributed by atoms with Crippen LogP contribution in [-0.4, -0.2) is 61.4 Å². The van der Waals surface area contributed by atoms with Crippen molar-refractivity contribution in [3.63, 3.8) is 0 Å². The summed E-state index contributed by atoms with van der Waals surface area (Å²) in [4.78, 5) is 34.5. The molecule has 0 radical (unpaired) electrons. The average molecular weight is 585 g/mol. The lowest BCUT2D eigenvalue weighted by Crippen LogP contribution is -2.55. The summed E-state index contributed by atoms with van der Waals surface area (Å²) < 4.78 is 12.7. The van der Waals surface area contributed by atoms with Crippen molar-refractivity contribution in [1.29, 1.82) is 0 Å². The lowest BCUT2D eigenvalue weighted by Gasteiger charge is -2.56. The molecule has 0 saturated heterocycles. The number of ketones is 1. The second-order valence-electron chi connectivity index (χ2n) is 16.7. The molecule has 2 fully saturated rings. The molecule has 0 aromatic heterocycles. The maximum atomic E-state index is 13.9. The fourth-order valence-corrected chi connectivity index (χ4v) is 9.42. The highest BCUT2D eigenvalue weighted by molar-refractivity contribution is 5.83. The van der Waals surface area contributed by atoms with Gasteiger partial charge in [0.2, 0.25) is 0 Å². The molecule has 1 aliphatic heterocycles. The van der Waals surface area contributed by atoms with Gasteiger partial charge in [-0.1, -0.05) is 53.2 Å². The van der Waals surface area contributed by atoms with E-state index in [0.717, 1.165) is 31.6 Å². The van der Waals surface area contributed by atoms with E-state index in [-0.39, 0.29) is 58.2 Å². The van der Waals surface area contributed by atoms with Crippen molar-refractivity contribution >= 4 is 17.7 Å². The Morgan fingerprint density at radius 3 is 2.36 bits per heavy atom. The molecule has 0 aromatic carbocycles. The first-order valence-corrected chi connectivity index (χ1v) is 16.5. The smallest absolute Gasteiger partial charge is 0.311 e. The summed E-state index contributed by atoms with van der Waals surface area (Å²) in [5.74, 6) is 2.05. The Morgan fingerprint density at radius 2 is 1.79 bits per heavy atom. The minimum absolute atomic E-state index is 0.0138. The Balaban J connectivity index is 1.68. The lowest BCUT2D eigenvalue weighted by molar-refractivity contribution is -0.163. The van der Waals surface area contributed by atoms with Crippen LogP contribution in [0.2, 0.25) is 0 Å². The summed E-state index contributed by atoms with van der Waals surface area (Å²) in [5.41, 5.74) is 0.427. The monoisotopic (exact) mass is 584 g/mol. The van der Waals surface area contributed by atoms with Crippen LogP contribution in [0.1, 0.15) is 108 Å². The van der Waals surface area contributed by atoms with Crippen molar-refractivity contribution in [1.82, 2.24) is 4.90 Å². The highest BCUT2D eigenvalue weighted by Crippen LogP contribution is 2.68. The molecule has 0 N–H and O–H groups in total. The average Bonchev–Trinajstić information content (AvgIpc) is 3.09. The van der Waals surface area contributed by atoms with Gasteiger partial charge < -0.3 is 14.4 Å². The number of carbonyl (C=O) groups is 2. The van der Waals surface area contributed by atoms with Crippen molar-refractivity contribution in [2.45, 2.75) is 126 Å². The summed E-state index contributed by atoms with van der Waals surface area (Å²) in [6.45, 7) is 24.6. The number of ether oxygens (including phenoxy) is 2. The summed E-state index contributed by atoms with van der Waals surface area (Å²) >= 11 is 0. The molecule has 0 bridgehead atoms. The minimum Gasteiger partial charge on any atom is -0.480 e. The van der Waals surface area contributed by atoms with E-state index in [2.05, 4.69) is 80.5 Å². The second-order valence-corrected chi connectivity index (χ2v) is 16.7. The van der Waals surface area contributed by atoms with E-state index in [9.17, 15) is 9.59 Å². The number of fused-ring (bicyclic) bond motifs is 2. The predicted molar refractivity (Wildman–Crippen MR) is 170 cm³/mol. The Kier molecular flexibility index (Phi) is 8.97. The largest absolute Gasteiger partial charge is 0.480 e. The van der Waals surface area contributed by atoms with Crippen LogP contribution in [0.4, 0.5) is 0 Å². The van der Waals surface area contributed by atoms with Crippen LogP contribution >= 0.6 is 0 Å². The summed E-state index contributed by atoms with van der Waals surface area (Å²) in [5, 5.41) is 0. The maximum Gasteiger partial charge on any atom is 0.311 e. The molecule has 2 saturated carbocycles. The van der Waals surface area contributed by atoms with Gasteiger partial charge in [0.1, 0.15) is 11.9 Å². The molecule has 42 heavy (non-hydrogen) atoms. The van der Waals surface area contributed by atoms with E-state index < -0.39 is 5.41 Å². The van der Waals surface area contributed by atoms with Gasteiger partial charge in [-0.2, -0.15) is 0 Å². The number of Topliss-reactive ketones (excluding diaryl/α,β-unsaturated/α-hetero) is 1. The summed E-state index contributed by atoms with van der Waals surface area (Å²) in [6, 6.07) is 0.411. The number of allylic oxidation sites excluding steroid dienone is 1. The molecule has 0 unspecified atom stereocenters. The Labute approximate surface area is 256 Å². The van der Waals surface area contributed by atoms with Crippen LogP contribution in [-0.2, 0) is 19.1 Å². The maximum absolute atomic E-state index is 13.9. The third-order valence-corrected chi connectivity index (χ3v) is 12.6. The van der Waals surface area contributed by atoms with Crippen molar-refractivity contribution in [2.75, 3.05) is 20.7 Å². The van der Waals surface area contributed by atoms with Gasteiger partial charge in [-0.15, -0.1) is 0 Å². The van der Waals surface area contributed by atoms with Gasteiger partial charge >= 0.3 is 5.97 Å². The topological polar surface area (TPSA) is 68.2 Å². The highest BCUT2D eigenvalue weighted by atomic mass is 16.5. The quantitative estimate of drug-likeness (QED) is 0.231. The van der Waals surface area contributed by atoms with Gasteiger partial charge in [0, 0.05) is 35.6 Å². The molecule has 0 aromatic rings. The predicted octanol–water partition coefficient (Wildman–Crippen LogP) is 7.36. The Bertz CT molecular complexity index is 1120. The highest BCUT2D eigenvalue weighted by Gasteiger charge is 2.68. The van der Waals surface area contributed by atoms with E-state index in [1.54, 1.807) is 0 Å². The summed E-state index contributed by atoms with van der Waals surface area (Å²) in [7, 11) is 4.21. The van der Waals surface area contributed by atoms with Crippen LogP contribution < -0.4 is 0 Å². The van der Waals surface area contributed by atoms with E-state index >= 15 is 0 Å². The Hall–Kier alpha value is -1.69. The van der Waals surface area contributed by atoms with Crippen LogP contribution in [0.3, 0.4) is 0 Å². The van der Waals surface area contributed by atoms with Crippen LogP contribution in [0.15, 0.2) is 16.6 Å². The SMILES string of the molecule is CC1=CC[C@@H]2N=C(C(C)C)OC[C@@]2(C)[C@@H]1CC[C@@H]1[C@@H](C)C(=O)C[C@]2(C)[C@@H]([C@H](C)N(C)C)[C@H](OC(=O)C(C)(C)C)C[C@@]12C. The van der Waals surface area contributed by atoms with Crippen molar-refractivity contribution in [3.8, 4) is 0 Å². The summed E-state index contributed by atoms with van der Waals surface area (Å²) in [6.07, 6.45) is 6.51. The molecule has 0 amide bonds. The van der Waals surface area contributed by atoms with Crippen LogP contribution in [0.5, 0.6) is 0 Å². The molecule has 4 rings (SSSR count). The molecule has 4 aliphatic rings. The first kappa shape index (κ1) is 33.2. The van der Waals surface area contributed by atoms with E-state index in [4.69, 9.17) is 14.5 Å². The van der Waals surface area contributed by atoms with Crippen molar-refractivity contribution < 1.29 is 19.1 Å². The van der Waals surface area contributed by atoms with Crippen molar-refractivity contribution in [2.24, 2.45) is 56.2 Å². The minimum atomic E-state index is -0.569. The second kappa shape index (κ2) is 11.3. The molecule has 10 atom stereocenters. The van der Waals surface area contributed by atoms with Crippen molar-refractivity contribution in [3.05, 3.63) is 11.6 Å². The molecule has 0 spiro atoms. The molecule has 1 heterocycles. The third-order valence-electron chi connectivity index (χ3n) is 12.6. The third kappa shape index (κ3) is 5.41. The first-order chi connectivity index (χ1) is 19.3. The number of aliphatic imine (C=N–C) groups is 1. The van der Waals surface area contributed by atoms with Gasteiger partial charge in [0.05, 0.1) is 18.1 Å². The molecule has 6 heteroatoms. The van der Waals surface area contributed by atoms with Gasteiger partial charge in [-0.3, -0.25) is 14.6 Å². The molecule has 6 nitrogen and oxygen atoms in total. The number of esters is 1. The molecular weight excluding hydrogens is 524 g/mol. The van der Waals surface area contributed by atoms with Gasteiger partial charge in [-0.05, 0) is 97.1 Å². The molecule has 238 valence electrons. The van der Waals surface area contributed by atoms with Gasteiger partial charge in [-0.25, -0.2) is 0 Å². The van der Waals surface area contributed by atoms with E-state index in [0.29, 0.717) is 30.6 Å². The van der Waals surface area contributed by atoms with Crippen LogP contribution in [0.25, 0.3) is 0 Å². The zero-order valence-corrected chi connectivity index (χ0v) is 29.0. The number of rotatable bonds is 7. The number of nitrogens with zero attached hydrogens (tertiary/aromatic N) is 2. The van der Waals surface area contributed by atoms with E-state index in [1.807, 2.05) is 20.8 Å². The number of carbonyl (C=O) groups excluding carboxylic acids is 2. The number of hydrogen-bond donors (Lipinski definition) is 0. The van der Waals surface area contributed by atoms with Crippen LogP contribution in [0, 0.1) is 51.2 Å². The zero-order valence-electron chi connectivity index (χ0n) is 29.0. The Morgan fingerprint density at radius 1 is 1.14 bits per heavy atom. The zero-order chi connectivity index (χ0) is 31.6. The molecule has 3 aliphatic carbocycles. The van der Waals surface area contributed by atoms with Gasteiger partial charge in [0.25, 0.3) is 0 Å². The van der Waals surface area contributed by atoms with Gasteiger partial charge in [0.15, 0.2) is 5.90 Å².